The van der Waals surface area contributed by atoms with Gasteiger partial charge in [-0.1, -0.05) is 30.3 Å². The van der Waals surface area contributed by atoms with Gasteiger partial charge in [0.05, 0.1) is 11.1 Å². The monoisotopic (exact) mass is 352 g/mol. The Bertz CT molecular complexity index is 826. The average Bonchev–Trinajstić information content (AvgIpc) is 2.64. The number of aromatic hydroxyl groups is 2. The van der Waals surface area contributed by atoms with E-state index in [1.54, 1.807) is 24.3 Å². The topological polar surface area (TPSA) is 115 Å². The third-order valence-corrected chi connectivity index (χ3v) is 3.42. The van der Waals surface area contributed by atoms with Gasteiger partial charge in [0, 0.05) is 0 Å². The van der Waals surface area contributed by atoms with Crippen LogP contribution < -0.4 is 0 Å². The lowest BCUT2D eigenvalue weighted by molar-refractivity contribution is 0.0696. The highest BCUT2D eigenvalue weighted by molar-refractivity contribution is 5.93. The van der Waals surface area contributed by atoms with Gasteiger partial charge in [0.2, 0.25) is 0 Å². The quantitative estimate of drug-likeness (QED) is 0.569. The number of hydrogen-bond donors (Lipinski definition) is 4. The molecule has 0 bridgehead atoms. The van der Waals surface area contributed by atoms with Crippen molar-refractivity contribution in [3.63, 3.8) is 0 Å². The average molecular weight is 352 g/mol. The van der Waals surface area contributed by atoms with Crippen molar-refractivity contribution in [1.29, 1.82) is 0 Å². The molecule has 0 saturated heterocycles. The normalized spacial score (nSPS) is 9.69. The SMILES string of the molecule is O=C(O)c1cccc(C(=O)O)c1.Oc1ccc(-c2ccc(O)cc2)cc1. The van der Waals surface area contributed by atoms with Crippen LogP contribution in [-0.4, -0.2) is 32.4 Å². The summed E-state index contributed by atoms with van der Waals surface area (Å²) in [6, 6.07) is 19.1. The highest BCUT2D eigenvalue weighted by Gasteiger charge is 2.06. The summed E-state index contributed by atoms with van der Waals surface area (Å²) in [6.45, 7) is 0. The second-order valence-electron chi connectivity index (χ2n) is 5.28. The molecule has 0 radical (unpaired) electrons. The van der Waals surface area contributed by atoms with E-state index >= 15 is 0 Å². The minimum atomic E-state index is -1.13. The number of carboxylic acid groups (broad SMARTS) is 2. The molecule has 0 heterocycles. The third-order valence-electron chi connectivity index (χ3n) is 3.42. The molecule has 6 heteroatoms. The van der Waals surface area contributed by atoms with E-state index in [1.165, 1.54) is 18.2 Å². The Kier molecular flexibility index (Phi) is 5.95. The van der Waals surface area contributed by atoms with E-state index in [1.807, 2.05) is 24.3 Å². The Morgan fingerprint density at radius 1 is 0.577 bits per heavy atom. The summed E-state index contributed by atoms with van der Waals surface area (Å²) >= 11 is 0. The van der Waals surface area contributed by atoms with Crippen LogP contribution in [0.25, 0.3) is 11.1 Å². The molecule has 3 aromatic carbocycles. The van der Waals surface area contributed by atoms with Gasteiger partial charge < -0.3 is 20.4 Å². The molecule has 0 aliphatic heterocycles. The maximum absolute atomic E-state index is 10.4. The molecular formula is C20H16O6. The van der Waals surface area contributed by atoms with Gasteiger partial charge in [0.15, 0.2) is 0 Å². The van der Waals surface area contributed by atoms with E-state index in [4.69, 9.17) is 20.4 Å². The van der Waals surface area contributed by atoms with Crippen molar-refractivity contribution in [1.82, 2.24) is 0 Å². The molecule has 0 spiro atoms. The van der Waals surface area contributed by atoms with Crippen LogP contribution in [0.5, 0.6) is 11.5 Å². The number of rotatable bonds is 3. The Balaban J connectivity index is 0.000000190. The van der Waals surface area contributed by atoms with Crippen molar-refractivity contribution in [3.05, 3.63) is 83.9 Å². The molecule has 4 N–H and O–H groups in total. The van der Waals surface area contributed by atoms with Gasteiger partial charge in [-0.05, 0) is 53.6 Å². The predicted octanol–water partition coefficient (Wildman–Crippen LogP) is 3.85. The summed E-state index contributed by atoms with van der Waals surface area (Å²) in [4.78, 5) is 20.8. The number of benzene rings is 3. The molecule has 0 amide bonds. The molecule has 26 heavy (non-hydrogen) atoms. The van der Waals surface area contributed by atoms with Gasteiger partial charge >= 0.3 is 11.9 Å². The van der Waals surface area contributed by atoms with Gasteiger partial charge in [-0.15, -0.1) is 0 Å². The van der Waals surface area contributed by atoms with Crippen LogP contribution in [0.1, 0.15) is 20.7 Å². The number of hydrogen-bond acceptors (Lipinski definition) is 4. The zero-order chi connectivity index (χ0) is 19.1. The van der Waals surface area contributed by atoms with E-state index in [2.05, 4.69) is 0 Å². The molecule has 0 saturated carbocycles. The summed E-state index contributed by atoms with van der Waals surface area (Å²) in [5.41, 5.74) is 2.00. The van der Waals surface area contributed by atoms with Crippen molar-refractivity contribution < 1.29 is 30.0 Å². The van der Waals surface area contributed by atoms with Crippen LogP contribution >= 0.6 is 0 Å². The fraction of sp³-hybridized carbons (Fsp3) is 0. The number of carboxylic acids is 2. The lowest BCUT2D eigenvalue weighted by atomic mass is 10.1. The van der Waals surface area contributed by atoms with Gasteiger partial charge in [0.1, 0.15) is 11.5 Å². The lowest BCUT2D eigenvalue weighted by Crippen LogP contribution is -2.01. The molecule has 0 fully saturated rings. The van der Waals surface area contributed by atoms with Gasteiger partial charge in [-0.25, -0.2) is 9.59 Å². The number of aromatic carboxylic acids is 2. The van der Waals surface area contributed by atoms with E-state index in [9.17, 15) is 9.59 Å². The fourth-order valence-corrected chi connectivity index (χ4v) is 2.09. The summed E-state index contributed by atoms with van der Waals surface area (Å²) < 4.78 is 0. The van der Waals surface area contributed by atoms with Crippen molar-refractivity contribution in [2.45, 2.75) is 0 Å². The highest BCUT2D eigenvalue weighted by Crippen LogP contribution is 2.23. The summed E-state index contributed by atoms with van der Waals surface area (Å²) in [5.74, 6) is -1.74. The van der Waals surface area contributed by atoms with Crippen molar-refractivity contribution in [2.75, 3.05) is 0 Å². The van der Waals surface area contributed by atoms with Crippen molar-refractivity contribution >= 4 is 11.9 Å². The zero-order valence-electron chi connectivity index (χ0n) is 13.5. The summed E-state index contributed by atoms with van der Waals surface area (Å²) in [6.07, 6.45) is 0. The first-order valence-electron chi connectivity index (χ1n) is 7.52. The van der Waals surface area contributed by atoms with E-state index in [0.717, 1.165) is 17.2 Å². The maximum Gasteiger partial charge on any atom is 0.335 e. The number of carbonyl (C=O) groups is 2. The molecular weight excluding hydrogens is 336 g/mol. The second kappa shape index (κ2) is 8.34. The van der Waals surface area contributed by atoms with Crippen LogP contribution in [-0.2, 0) is 0 Å². The van der Waals surface area contributed by atoms with E-state index < -0.39 is 11.9 Å². The first kappa shape index (κ1) is 18.5. The third kappa shape index (κ3) is 5.10. The van der Waals surface area contributed by atoms with Crippen LogP contribution in [0, 0.1) is 0 Å². The molecule has 0 unspecified atom stereocenters. The fourth-order valence-electron chi connectivity index (χ4n) is 2.09. The first-order chi connectivity index (χ1) is 12.4. The molecule has 6 nitrogen and oxygen atoms in total. The minimum absolute atomic E-state index is 0.0186. The standard InChI is InChI=1S/C12H10O2.C8H6O4/c13-11-5-1-9(2-6-11)10-3-7-12(14)8-4-10;9-7(10)5-2-1-3-6(4-5)8(11)12/h1-8,13-14H;1-4H,(H,9,10)(H,11,12). The predicted molar refractivity (Wildman–Crippen MR) is 95.6 cm³/mol. The molecule has 0 aromatic heterocycles. The first-order valence-corrected chi connectivity index (χ1v) is 7.52. The maximum atomic E-state index is 10.4. The zero-order valence-corrected chi connectivity index (χ0v) is 13.5. The molecule has 132 valence electrons. The molecule has 0 atom stereocenters. The van der Waals surface area contributed by atoms with E-state index in [-0.39, 0.29) is 22.6 Å². The van der Waals surface area contributed by atoms with Crippen LogP contribution in [0.2, 0.25) is 0 Å². The Morgan fingerprint density at radius 3 is 1.23 bits per heavy atom. The van der Waals surface area contributed by atoms with Gasteiger partial charge in [0.25, 0.3) is 0 Å². The Morgan fingerprint density at radius 2 is 0.923 bits per heavy atom. The van der Waals surface area contributed by atoms with Crippen molar-refractivity contribution in [3.8, 4) is 22.6 Å². The summed E-state index contributed by atoms with van der Waals surface area (Å²) in [5, 5.41) is 35.2. The number of phenolic OH excluding ortho intramolecular Hbond substituents is 2. The van der Waals surface area contributed by atoms with Gasteiger partial charge in [-0.3, -0.25) is 0 Å². The molecule has 3 aromatic rings. The van der Waals surface area contributed by atoms with Crippen molar-refractivity contribution in [2.24, 2.45) is 0 Å². The smallest absolute Gasteiger partial charge is 0.335 e. The van der Waals surface area contributed by atoms with Crippen LogP contribution in [0.3, 0.4) is 0 Å². The summed E-state index contributed by atoms with van der Waals surface area (Å²) in [7, 11) is 0. The van der Waals surface area contributed by atoms with Crippen LogP contribution in [0.15, 0.2) is 72.8 Å². The minimum Gasteiger partial charge on any atom is -0.508 e. The lowest BCUT2D eigenvalue weighted by Gasteiger charge is -2.01. The molecule has 0 aliphatic carbocycles. The molecule has 0 aliphatic rings. The second-order valence-corrected chi connectivity index (χ2v) is 5.28. The largest absolute Gasteiger partial charge is 0.508 e. The number of phenols is 2. The highest BCUT2D eigenvalue weighted by atomic mass is 16.4. The van der Waals surface area contributed by atoms with E-state index in [0.29, 0.717) is 0 Å². The Labute approximate surface area is 149 Å². The molecule has 3 rings (SSSR count). The van der Waals surface area contributed by atoms with Crippen LogP contribution in [0.4, 0.5) is 0 Å². The Hall–Kier alpha value is -3.80. The van der Waals surface area contributed by atoms with Gasteiger partial charge in [-0.2, -0.15) is 0 Å².